The van der Waals surface area contributed by atoms with Crippen LogP contribution in [0.15, 0.2) is 24.3 Å². The average molecular weight is 303 g/mol. The third-order valence-electron chi connectivity index (χ3n) is 3.94. The van der Waals surface area contributed by atoms with Crippen LogP contribution >= 0.6 is 11.3 Å². The Labute approximate surface area is 129 Å². The van der Waals surface area contributed by atoms with Crippen molar-refractivity contribution < 1.29 is 4.79 Å². The van der Waals surface area contributed by atoms with Gasteiger partial charge in [0, 0.05) is 20.1 Å². The van der Waals surface area contributed by atoms with Gasteiger partial charge in [0.25, 0.3) is 0 Å². The molecular formula is C16H21N3OS. The van der Waals surface area contributed by atoms with Crippen molar-refractivity contribution in [3.8, 4) is 0 Å². The highest BCUT2D eigenvalue weighted by Gasteiger charge is 2.18. The van der Waals surface area contributed by atoms with Gasteiger partial charge in [0.1, 0.15) is 0 Å². The Balaban J connectivity index is 1.67. The summed E-state index contributed by atoms with van der Waals surface area (Å²) in [6.07, 6.45) is 4.77. The third kappa shape index (κ3) is 3.35. The average Bonchev–Trinajstić information content (AvgIpc) is 2.73. The lowest BCUT2D eigenvalue weighted by Gasteiger charge is -2.23. The third-order valence-corrected chi connectivity index (χ3v) is 5.09. The summed E-state index contributed by atoms with van der Waals surface area (Å²) in [6, 6.07) is 8.10. The van der Waals surface area contributed by atoms with Crippen molar-refractivity contribution in [1.82, 2.24) is 9.88 Å². The molecule has 1 fully saturated rings. The van der Waals surface area contributed by atoms with Crippen LogP contribution in [-0.2, 0) is 4.79 Å². The zero-order valence-corrected chi connectivity index (χ0v) is 13.2. The Hall–Kier alpha value is -1.62. The van der Waals surface area contributed by atoms with Crippen LogP contribution in [0.5, 0.6) is 0 Å². The summed E-state index contributed by atoms with van der Waals surface area (Å²) in [6.45, 7) is 2.23. The van der Waals surface area contributed by atoms with E-state index in [4.69, 9.17) is 0 Å². The number of nitrogens with zero attached hydrogens (tertiary/aromatic N) is 3. The highest BCUT2D eigenvalue weighted by Crippen LogP contribution is 2.27. The number of hydrogen-bond acceptors (Lipinski definition) is 4. The minimum Gasteiger partial charge on any atom is -0.342 e. The molecule has 1 aromatic carbocycles. The predicted octanol–water partition coefficient (Wildman–Crippen LogP) is 3.14. The molecule has 1 aliphatic rings. The number of anilines is 1. The molecule has 0 bridgehead atoms. The van der Waals surface area contributed by atoms with E-state index in [0.29, 0.717) is 6.54 Å². The number of fused-ring (bicyclic) bond motifs is 1. The Morgan fingerprint density at radius 2 is 1.95 bits per heavy atom. The summed E-state index contributed by atoms with van der Waals surface area (Å²) in [5.74, 6) is 0.221. The fourth-order valence-electron chi connectivity index (χ4n) is 2.71. The van der Waals surface area contributed by atoms with Crippen molar-refractivity contribution in [2.75, 3.05) is 31.6 Å². The van der Waals surface area contributed by atoms with Gasteiger partial charge in [0.05, 0.1) is 16.8 Å². The zero-order valence-electron chi connectivity index (χ0n) is 12.4. The Morgan fingerprint density at radius 3 is 2.67 bits per heavy atom. The molecular weight excluding hydrogens is 282 g/mol. The van der Waals surface area contributed by atoms with Crippen LogP contribution in [-0.4, -0.2) is 42.5 Å². The van der Waals surface area contributed by atoms with Gasteiger partial charge >= 0.3 is 0 Å². The van der Waals surface area contributed by atoms with E-state index in [1.807, 2.05) is 35.0 Å². The second-order valence-corrected chi connectivity index (χ2v) is 6.62. The van der Waals surface area contributed by atoms with E-state index >= 15 is 0 Å². The Morgan fingerprint density at radius 1 is 1.24 bits per heavy atom. The summed E-state index contributed by atoms with van der Waals surface area (Å²) in [5.41, 5.74) is 1.01. The first-order valence-corrected chi connectivity index (χ1v) is 8.40. The van der Waals surface area contributed by atoms with Crippen LogP contribution in [0, 0.1) is 0 Å². The van der Waals surface area contributed by atoms with Crippen LogP contribution in [0.3, 0.4) is 0 Å². The molecule has 1 aromatic heterocycles. The van der Waals surface area contributed by atoms with Gasteiger partial charge in [-0.15, -0.1) is 0 Å². The van der Waals surface area contributed by atoms with Gasteiger partial charge in [-0.2, -0.15) is 0 Å². The van der Waals surface area contributed by atoms with E-state index in [1.165, 1.54) is 17.5 Å². The number of benzene rings is 1. The molecule has 1 amide bonds. The molecule has 2 heterocycles. The number of aromatic nitrogens is 1. The maximum atomic E-state index is 12.4. The quantitative estimate of drug-likeness (QED) is 0.874. The molecule has 1 saturated heterocycles. The van der Waals surface area contributed by atoms with Crippen molar-refractivity contribution in [1.29, 1.82) is 0 Å². The number of hydrogen-bond donors (Lipinski definition) is 0. The molecule has 0 radical (unpaired) electrons. The monoisotopic (exact) mass is 303 g/mol. The molecule has 0 unspecified atom stereocenters. The Bertz CT molecular complexity index is 584. The minimum atomic E-state index is 0.221. The van der Waals surface area contributed by atoms with E-state index < -0.39 is 0 Å². The van der Waals surface area contributed by atoms with Crippen molar-refractivity contribution in [2.45, 2.75) is 25.7 Å². The standard InChI is InChI=1S/C16H21N3OS/c1-18(12-15(20)19-10-6-2-3-7-11-19)16-17-13-8-4-5-9-14(13)21-16/h4-5,8-9H,2-3,6-7,10-12H2,1H3. The summed E-state index contributed by atoms with van der Waals surface area (Å²) in [5, 5.41) is 0.916. The molecule has 3 rings (SSSR count). The lowest BCUT2D eigenvalue weighted by Crippen LogP contribution is -2.39. The highest BCUT2D eigenvalue weighted by molar-refractivity contribution is 7.22. The number of carbonyl (C=O) groups is 1. The smallest absolute Gasteiger partial charge is 0.242 e. The summed E-state index contributed by atoms with van der Waals surface area (Å²) in [4.78, 5) is 21.0. The van der Waals surface area contributed by atoms with Gasteiger partial charge in [0.15, 0.2) is 5.13 Å². The molecule has 1 aliphatic heterocycles. The number of thiazole rings is 1. The molecule has 0 aliphatic carbocycles. The largest absolute Gasteiger partial charge is 0.342 e. The van der Waals surface area contributed by atoms with Gasteiger partial charge in [-0.25, -0.2) is 4.98 Å². The highest BCUT2D eigenvalue weighted by atomic mass is 32.1. The summed E-state index contributed by atoms with van der Waals surface area (Å²) in [7, 11) is 1.95. The Kier molecular flexibility index (Phi) is 4.39. The van der Waals surface area contributed by atoms with Gasteiger partial charge in [-0.3, -0.25) is 4.79 Å². The summed E-state index contributed by atoms with van der Waals surface area (Å²) < 4.78 is 1.17. The maximum absolute atomic E-state index is 12.4. The van der Waals surface area contributed by atoms with Crippen LogP contribution in [0.2, 0.25) is 0 Å². The minimum absolute atomic E-state index is 0.221. The number of likely N-dealkylation sites (tertiary alicyclic amines) is 1. The van der Waals surface area contributed by atoms with Gasteiger partial charge < -0.3 is 9.80 Å². The summed E-state index contributed by atoms with van der Waals surface area (Å²) >= 11 is 1.64. The SMILES string of the molecule is CN(CC(=O)N1CCCCCC1)c1nc2ccccc2s1. The molecule has 112 valence electrons. The van der Waals surface area contributed by atoms with Crippen molar-refractivity contribution in [3.05, 3.63) is 24.3 Å². The number of amides is 1. The van der Waals surface area contributed by atoms with E-state index in [-0.39, 0.29) is 5.91 Å². The second kappa shape index (κ2) is 6.43. The zero-order chi connectivity index (χ0) is 14.7. The molecule has 2 aromatic rings. The van der Waals surface area contributed by atoms with Crippen molar-refractivity contribution >= 4 is 32.6 Å². The molecule has 5 heteroatoms. The first-order chi connectivity index (χ1) is 10.2. The van der Waals surface area contributed by atoms with Crippen molar-refractivity contribution in [2.24, 2.45) is 0 Å². The number of para-hydroxylation sites is 1. The van der Waals surface area contributed by atoms with Crippen LogP contribution in [0.1, 0.15) is 25.7 Å². The van der Waals surface area contributed by atoms with Crippen LogP contribution in [0.4, 0.5) is 5.13 Å². The van der Waals surface area contributed by atoms with E-state index in [9.17, 15) is 4.79 Å². The van der Waals surface area contributed by atoms with Gasteiger partial charge in [-0.1, -0.05) is 36.3 Å². The van der Waals surface area contributed by atoms with Crippen molar-refractivity contribution in [3.63, 3.8) is 0 Å². The molecule has 4 nitrogen and oxygen atoms in total. The normalized spacial score (nSPS) is 16.0. The molecule has 0 N–H and O–H groups in total. The molecule has 0 saturated carbocycles. The second-order valence-electron chi connectivity index (χ2n) is 5.62. The first kappa shape index (κ1) is 14.3. The van der Waals surface area contributed by atoms with E-state index in [1.54, 1.807) is 11.3 Å². The molecule has 0 spiro atoms. The predicted molar refractivity (Wildman–Crippen MR) is 87.9 cm³/mol. The lowest BCUT2D eigenvalue weighted by atomic mass is 10.2. The van der Waals surface area contributed by atoms with E-state index in [2.05, 4.69) is 11.1 Å². The lowest BCUT2D eigenvalue weighted by molar-refractivity contribution is -0.129. The van der Waals surface area contributed by atoms with Gasteiger partial charge in [-0.05, 0) is 25.0 Å². The van der Waals surface area contributed by atoms with Gasteiger partial charge in [0.2, 0.25) is 5.91 Å². The van der Waals surface area contributed by atoms with Crippen LogP contribution in [0.25, 0.3) is 10.2 Å². The number of carbonyl (C=O) groups excluding carboxylic acids is 1. The number of likely N-dealkylation sites (N-methyl/N-ethyl adjacent to an activating group) is 1. The topological polar surface area (TPSA) is 36.4 Å². The molecule has 21 heavy (non-hydrogen) atoms. The number of rotatable bonds is 3. The van der Waals surface area contributed by atoms with Crippen LogP contribution < -0.4 is 4.90 Å². The fraction of sp³-hybridized carbons (Fsp3) is 0.500. The van der Waals surface area contributed by atoms with E-state index in [0.717, 1.165) is 36.6 Å². The fourth-order valence-corrected chi connectivity index (χ4v) is 3.64. The molecule has 0 atom stereocenters. The first-order valence-electron chi connectivity index (χ1n) is 7.58. The maximum Gasteiger partial charge on any atom is 0.242 e.